The molecule has 1 saturated heterocycles. The second kappa shape index (κ2) is 56.8. The smallest absolute Gasteiger partial charge is 1.00 e. The molecule has 0 spiro atoms. The fraction of sp³-hybridized carbons (Fsp3) is 0.0672. The van der Waals surface area contributed by atoms with E-state index in [9.17, 15) is 0 Å². The number of carbonyl (C=O) groups is 1. The van der Waals surface area contributed by atoms with Crippen LogP contribution in [0.25, 0.3) is 54.6 Å². The van der Waals surface area contributed by atoms with Crippen LogP contribution in [0.1, 0.15) is 40.2 Å². The summed E-state index contributed by atoms with van der Waals surface area (Å²) in [6, 6.07) is 169. The molecule has 0 N–H and O–H groups in total. The maximum atomic E-state index is 8.64. The SMILES string of the molecule is Cc1cc(-c2cc(Cl)c3c(Cl)cccc3n2)c2ccccc2c1.Cc1cc(B2OC(C)(C)C(C)(C)O2)c2ccccc2c1.Clc1cc(Cl)c2c(Cl)cccc2n1.O=CO[O-].[H-].[K+].[K+].[Pd].c1ccc(P(c2ccccc2)c2ccccc2)cc1.c1ccc(P(c2ccccc2)c2ccccc2)cc1.c1ccc(P(c2ccccc2)c2ccccc2)cc1.c1ccc(P(c2ccccc2)c2ccccc2)cc1. The first kappa shape index (κ1) is 111. The summed E-state index contributed by atoms with van der Waals surface area (Å²) in [5.74, 6) is 0. The molecule has 1 aliphatic heterocycles. The second-order valence-electron chi connectivity index (χ2n) is 32.4. The molecule has 0 amide bonds. The molecule has 18 aromatic carbocycles. The van der Waals surface area contributed by atoms with Crippen LogP contribution in [0.3, 0.4) is 0 Å². The van der Waals surface area contributed by atoms with Crippen molar-refractivity contribution in [2.75, 3.05) is 0 Å². The fourth-order valence-electron chi connectivity index (χ4n) is 15.5. The molecule has 139 heavy (non-hydrogen) atoms. The van der Waals surface area contributed by atoms with Crippen molar-refractivity contribution in [1.29, 1.82) is 0 Å². The number of carbonyl (C=O) groups excluding carboxylic acids is 1. The number of aryl methyl sites for hydroxylation is 2. The number of fused-ring (bicyclic) bond motifs is 4. The van der Waals surface area contributed by atoms with E-state index in [0.717, 1.165) is 33.0 Å². The van der Waals surface area contributed by atoms with Crippen LogP contribution in [0, 0.1) is 13.8 Å². The zero-order chi connectivity index (χ0) is 95.0. The maximum Gasteiger partial charge on any atom is 1.00 e. The van der Waals surface area contributed by atoms with Crippen LogP contribution >= 0.6 is 89.7 Å². The van der Waals surface area contributed by atoms with E-state index in [2.05, 4.69) is 476 Å². The van der Waals surface area contributed by atoms with Gasteiger partial charge in [-0.25, -0.2) is 9.97 Å². The van der Waals surface area contributed by atoms with Crippen LogP contribution in [0.15, 0.2) is 485 Å². The summed E-state index contributed by atoms with van der Waals surface area (Å²) in [5, 5.41) is 34.3. The van der Waals surface area contributed by atoms with Crippen LogP contribution in [0.2, 0.25) is 25.2 Å². The zero-order valence-corrected chi connectivity index (χ0v) is 93.4. The van der Waals surface area contributed by atoms with Crippen LogP contribution in [-0.4, -0.2) is 34.8 Å². The van der Waals surface area contributed by atoms with Crippen molar-refractivity contribution in [1.82, 2.24) is 9.97 Å². The number of aromatic nitrogens is 2. The third kappa shape index (κ3) is 30.9. The van der Waals surface area contributed by atoms with E-state index >= 15 is 0 Å². The van der Waals surface area contributed by atoms with Gasteiger partial charge in [-0.3, -0.25) is 4.79 Å². The maximum absolute atomic E-state index is 8.64. The molecule has 0 saturated carbocycles. The molecule has 20 aromatic rings. The van der Waals surface area contributed by atoms with Gasteiger partial charge in [-0.1, -0.05) is 506 Å². The minimum Gasteiger partial charge on any atom is -1.00 e. The van der Waals surface area contributed by atoms with Gasteiger partial charge in [0.1, 0.15) is 5.15 Å². The number of halogens is 5. The summed E-state index contributed by atoms with van der Waals surface area (Å²) < 4.78 is 12.4. The van der Waals surface area contributed by atoms with Crippen molar-refractivity contribution < 1.29 is 149 Å². The Morgan fingerprint density at radius 1 is 0.302 bits per heavy atom. The summed E-state index contributed by atoms with van der Waals surface area (Å²) in [6.07, 6.45) is 0. The van der Waals surface area contributed by atoms with E-state index in [1.165, 1.54) is 96.3 Å². The predicted molar refractivity (Wildman–Crippen MR) is 589 cm³/mol. The second-order valence-corrected chi connectivity index (χ2v) is 43.3. The quantitative estimate of drug-likeness (QED) is 0.0252. The van der Waals surface area contributed by atoms with Crippen LogP contribution in [-0.2, 0) is 39.4 Å². The first-order valence-electron chi connectivity index (χ1n) is 44.4. The third-order valence-electron chi connectivity index (χ3n) is 22.5. The first-order chi connectivity index (χ1) is 66.3. The van der Waals surface area contributed by atoms with Gasteiger partial charge in [0.05, 0.1) is 48.0 Å². The Hall–Kier alpha value is -8.18. The number of benzene rings is 18. The van der Waals surface area contributed by atoms with Crippen molar-refractivity contribution >= 4 is 216 Å². The summed E-state index contributed by atoms with van der Waals surface area (Å²) in [4.78, 5) is 20.1. The van der Waals surface area contributed by atoms with E-state index in [1.807, 2.05) is 48.5 Å². The van der Waals surface area contributed by atoms with Gasteiger partial charge in [-0.15, -0.1) is 0 Å². The van der Waals surface area contributed by atoms with Gasteiger partial charge in [0.25, 0.3) is 6.47 Å². The van der Waals surface area contributed by atoms with Gasteiger partial charge in [-0.2, -0.15) is 0 Å². The van der Waals surface area contributed by atoms with Gasteiger partial charge in [0, 0.05) is 36.8 Å². The van der Waals surface area contributed by atoms with Crippen molar-refractivity contribution in [3.8, 4) is 11.3 Å². The van der Waals surface area contributed by atoms with Crippen LogP contribution < -0.4 is 177 Å². The predicted octanol–water partition coefficient (Wildman–Crippen LogP) is 20.6. The number of hydrogen-bond acceptors (Lipinski definition) is 7. The molecular formula is C119H100BCl5K2N2O5P4Pd. The third-order valence-corrected chi connectivity index (χ3v) is 33.7. The molecule has 0 bridgehead atoms. The van der Waals surface area contributed by atoms with E-state index in [1.54, 1.807) is 12.1 Å². The molecule has 0 atom stereocenters. The molecule has 686 valence electrons. The Morgan fingerprint density at radius 3 is 0.820 bits per heavy atom. The van der Waals surface area contributed by atoms with Crippen molar-refractivity contribution in [3.63, 3.8) is 0 Å². The molecule has 1 fully saturated rings. The van der Waals surface area contributed by atoms with E-state index in [-0.39, 0.29) is 149 Å². The summed E-state index contributed by atoms with van der Waals surface area (Å²) in [7, 11) is -2.09. The largest absolute Gasteiger partial charge is 1.00 e. The first-order valence-corrected chi connectivity index (χ1v) is 51.6. The molecular weight excluding hydrogens is 2030 g/mol. The molecule has 7 nitrogen and oxygen atoms in total. The van der Waals surface area contributed by atoms with Gasteiger partial charge in [-0.05, 0) is 212 Å². The fourth-order valence-corrected chi connectivity index (χ4v) is 26.3. The average molecular weight is 2130 g/mol. The number of rotatable bonds is 15. The molecule has 1 aliphatic rings. The number of pyridine rings is 2. The summed E-state index contributed by atoms with van der Waals surface area (Å²) >= 11 is 30.4. The number of hydrogen-bond donors (Lipinski definition) is 0. The summed E-state index contributed by atoms with van der Waals surface area (Å²) in [5.41, 5.74) is 6.42. The average Bonchev–Trinajstić information content (AvgIpc) is 1.68. The topological polar surface area (TPSA) is 93.6 Å². The Kier molecular flexibility index (Phi) is 45.4. The number of nitrogens with zero attached hydrogens (tertiary/aromatic N) is 2. The summed E-state index contributed by atoms with van der Waals surface area (Å²) in [6.45, 7) is 12.4. The zero-order valence-electron chi connectivity index (χ0n) is 79.3. The van der Waals surface area contributed by atoms with Gasteiger partial charge < -0.3 is 20.9 Å². The van der Waals surface area contributed by atoms with Gasteiger partial charge in [0.15, 0.2) is 0 Å². The minimum atomic E-state index is -0.446. The Bertz CT molecular complexity index is 6320. The Morgan fingerprint density at radius 2 is 0.540 bits per heavy atom. The Balaban J connectivity index is 0.000000167. The minimum absolute atomic E-state index is 0. The van der Waals surface area contributed by atoms with Crippen molar-refractivity contribution in [3.05, 3.63) is 522 Å². The molecule has 0 aliphatic carbocycles. The Labute approximate surface area is 948 Å². The van der Waals surface area contributed by atoms with E-state index < -0.39 is 31.7 Å². The molecule has 0 unspecified atom stereocenters. The van der Waals surface area contributed by atoms with Crippen LogP contribution in [0.5, 0.6) is 0 Å². The van der Waals surface area contributed by atoms with E-state index in [0.29, 0.717) is 30.8 Å². The van der Waals surface area contributed by atoms with E-state index in [4.69, 9.17) is 82.3 Å². The standard InChI is InChI=1S/C20H13Cl2N.4C18H15P.C17H21BO2.C9H4Cl3N.CH2O3.2K.Pd.H/c1-12-9-13-5-2-3-6-14(13)15(10-12)19-11-17(22)20-16(21)7-4-8-18(20)23-19;4*1-4-10-16(11-5-1)19(17-12-6-2-7-13-17)18-14-8-3-9-15-18;1-12-10-13-8-6-7-9-14(13)15(11-12)18-19-16(2,3)17(4,5)20-18;10-5-2-1-3-7-9(5)6(11)4-8(12)13-7;2-1-4-3;;;;/h2-11H,1H3;4*1-15H;6-11H,1-5H3;1-4H;1,3H;;;;/q;;;;;;;;2*+1;;-1/p-1. The molecule has 20 heteroatoms. The van der Waals surface area contributed by atoms with Crippen LogP contribution in [0.4, 0.5) is 0 Å². The molecule has 21 rings (SSSR count). The van der Waals surface area contributed by atoms with Crippen molar-refractivity contribution in [2.24, 2.45) is 0 Å². The monoisotopic (exact) mass is 2130 g/mol. The molecule has 0 radical (unpaired) electrons. The van der Waals surface area contributed by atoms with Gasteiger partial charge >= 0.3 is 110 Å². The molecule has 2 aromatic heterocycles. The van der Waals surface area contributed by atoms with Gasteiger partial charge in [0.2, 0.25) is 0 Å². The normalized spacial score (nSPS) is 11.8. The molecule has 3 heterocycles. The van der Waals surface area contributed by atoms with Crippen molar-refractivity contribution in [2.45, 2.75) is 52.7 Å².